The molecule has 0 atom stereocenters. The minimum absolute atomic E-state index is 0.0566. The summed E-state index contributed by atoms with van der Waals surface area (Å²) in [4.78, 5) is 50.6. The smallest absolute Gasteiger partial charge is 0.460 e. The Morgan fingerprint density at radius 2 is 0.537 bits per heavy atom. The van der Waals surface area contributed by atoms with Crippen molar-refractivity contribution in [2.45, 2.75) is 53.4 Å². The van der Waals surface area contributed by atoms with Gasteiger partial charge in [0.15, 0.2) is 0 Å². The lowest BCUT2D eigenvalue weighted by molar-refractivity contribution is -0.139. The molecule has 0 saturated carbocycles. The molecular formula is C60H62N3O14P3. The number of ether oxygens (including phenoxy) is 4. The van der Waals surface area contributed by atoms with Gasteiger partial charge in [-0.3, -0.25) is 0 Å². The fraction of sp³-hybridized carbons (Fsp3) is 0.200. The van der Waals surface area contributed by atoms with Crippen molar-refractivity contribution in [1.82, 2.24) is 0 Å². The molecule has 0 N–H and O–H groups in total. The van der Waals surface area contributed by atoms with Crippen molar-refractivity contribution in [3.05, 3.63) is 229 Å². The van der Waals surface area contributed by atoms with E-state index in [-0.39, 0.29) is 109 Å². The van der Waals surface area contributed by atoms with Crippen molar-refractivity contribution in [3.8, 4) is 34.5 Å². The van der Waals surface area contributed by atoms with E-state index >= 15 is 0 Å². The molecule has 6 aromatic carbocycles. The highest BCUT2D eigenvalue weighted by Crippen LogP contribution is 2.79. The van der Waals surface area contributed by atoms with E-state index in [1.807, 2.05) is 12.1 Å². The van der Waals surface area contributed by atoms with E-state index in [0.29, 0.717) is 22.3 Å². The average Bonchev–Trinajstić information content (AvgIpc) is 3.58. The van der Waals surface area contributed by atoms with Gasteiger partial charge in [0, 0.05) is 48.0 Å². The summed E-state index contributed by atoms with van der Waals surface area (Å²) in [5, 5.41) is 0. The first kappa shape index (κ1) is 59.3. The topological polar surface area (TPSA) is 198 Å². The molecule has 0 fully saturated rings. The third-order valence-electron chi connectivity index (χ3n) is 11.2. The van der Waals surface area contributed by atoms with Crippen LogP contribution < -0.4 is 27.1 Å². The first-order chi connectivity index (χ1) is 38.5. The molecule has 0 unspecified atom stereocenters. The summed E-state index contributed by atoms with van der Waals surface area (Å²) in [6.45, 7) is 20.9. The van der Waals surface area contributed by atoms with Crippen LogP contribution in [0.1, 0.15) is 49.9 Å². The predicted molar refractivity (Wildman–Crippen MR) is 308 cm³/mol. The summed E-state index contributed by atoms with van der Waals surface area (Å²) in [7, 11) is -13.6. The number of nitrogens with zero attached hydrogens (tertiary/aromatic N) is 3. The number of esters is 4. The molecule has 1 heterocycles. The lowest BCUT2D eigenvalue weighted by Crippen LogP contribution is -2.14. The number of para-hydroxylation sites is 6. The van der Waals surface area contributed by atoms with E-state index in [2.05, 4.69) is 26.3 Å². The van der Waals surface area contributed by atoms with E-state index in [4.69, 9.17) is 59.6 Å². The van der Waals surface area contributed by atoms with Gasteiger partial charge in [0.1, 0.15) is 34.5 Å². The number of benzene rings is 6. The van der Waals surface area contributed by atoms with Crippen molar-refractivity contribution in [1.29, 1.82) is 0 Å². The zero-order valence-electron chi connectivity index (χ0n) is 44.9. The van der Waals surface area contributed by atoms with Crippen LogP contribution in [0.5, 0.6) is 34.5 Å². The predicted octanol–water partition coefficient (Wildman–Crippen LogP) is 15.0. The van der Waals surface area contributed by atoms with Crippen molar-refractivity contribution in [3.63, 3.8) is 0 Å². The van der Waals surface area contributed by atoms with Crippen LogP contribution in [0.4, 0.5) is 0 Å². The SMILES string of the molecule is C=C(C)C(=O)OCCc1ccccc1OP1(Oc2ccccc2CCOC(=O)C(=C)C)=NP(Oc2ccccc2)(Oc2ccccc2)=NP(Oc2ccccc2CCOC(=O)C(=C)C)(Oc2ccccc2CCOC(=O)C(=C)C)=N1. The summed E-state index contributed by atoms with van der Waals surface area (Å²) in [5.41, 5.74) is 3.15. The minimum Gasteiger partial charge on any atom is -0.462 e. The first-order valence-corrected chi connectivity index (χ1v) is 29.9. The standard InChI is InChI=1S/C60H62N3O14P3/c1-43(2)57(64)68-39-35-47-23-15-19-31-53(47)74-79(75-54-32-20-16-24-48(54)36-40-69-58(65)44(3)4)61-78(72-51-27-11-9-12-28-51,73-52-29-13-10-14-30-52)62-80(63-79,76-55-33-21-17-25-49(55)37-41-70-59(66)45(5)6)77-56-34-22-18-26-50(56)38-42-71-60(67)46(7)8/h9-34H,1,3,5,7,35-42H2,2,4,6,8H3. The fourth-order valence-electron chi connectivity index (χ4n) is 7.21. The van der Waals surface area contributed by atoms with Crippen LogP contribution in [-0.2, 0) is 63.8 Å². The second kappa shape index (κ2) is 28.0. The van der Waals surface area contributed by atoms with Gasteiger partial charge >= 0.3 is 46.9 Å². The Labute approximate surface area is 466 Å². The summed E-state index contributed by atoms with van der Waals surface area (Å²) in [5.74, 6) is -0.876. The molecule has 0 amide bonds. The third-order valence-corrected chi connectivity index (χ3v) is 19.2. The molecule has 0 saturated heterocycles. The molecule has 0 aromatic heterocycles. The van der Waals surface area contributed by atoms with Crippen molar-refractivity contribution in [2.75, 3.05) is 26.4 Å². The fourth-order valence-corrected chi connectivity index (χ4v) is 16.4. The maximum Gasteiger partial charge on any atom is 0.460 e. The molecule has 7 rings (SSSR count). The van der Waals surface area contributed by atoms with Gasteiger partial charge < -0.3 is 46.1 Å². The zero-order valence-corrected chi connectivity index (χ0v) is 47.6. The summed E-state index contributed by atoms with van der Waals surface area (Å²) in [6, 6.07) is 45.7. The molecule has 0 bridgehead atoms. The highest BCUT2D eigenvalue weighted by molar-refractivity contribution is 7.79. The molecule has 20 heteroatoms. The third kappa shape index (κ3) is 16.8. The second-order valence-corrected chi connectivity index (χ2v) is 24.2. The average molecular weight is 1140 g/mol. The summed E-state index contributed by atoms with van der Waals surface area (Å²) < 4.78 is 81.9. The van der Waals surface area contributed by atoms with Crippen molar-refractivity contribution >= 4 is 46.9 Å². The molecule has 0 spiro atoms. The van der Waals surface area contributed by atoms with Gasteiger partial charge in [-0.1, -0.05) is 149 Å². The quantitative estimate of drug-likeness (QED) is 0.0195. The second-order valence-electron chi connectivity index (χ2n) is 18.0. The summed E-state index contributed by atoms with van der Waals surface area (Å²) in [6.07, 6.45) is 0.633. The normalized spacial score (nSPS) is 13.4. The number of hydrogen-bond donors (Lipinski definition) is 0. The first-order valence-electron chi connectivity index (χ1n) is 25.3. The van der Waals surface area contributed by atoms with Crippen LogP contribution in [0.25, 0.3) is 0 Å². The summed E-state index contributed by atoms with van der Waals surface area (Å²) >= 11 is 0. The Bertz CT molecular complexity index is 3090. The Kier molecular flexibility index (Phi) is 20.8. The largest absolute Gasteiger partial charge is 0.462 e. The van der Waals surface area contributed by atoms with Gasteiger partial charge in [0.2, 0.25) is 0 Å². The monoisotopic (exact) mass is 1140 g/mol. The van der Waals surface area contributed by atoms with Gasteiger partial charge in [-0.15, -0.1) is 0 Å². The van der Waals surface area contributed by atoms with E-state index in [0.717, 1.165) is 0 Å². The van der Waals surface area contributed by atoms with Gasteiger partial charge in [0.25, 0.3) is 0 Å². The Morgan fingerprint density at radius 1 is 0.325 bits per heavy atom. The zero-order chi connectivity index (χ0) is 57.1. The highest BCUT2D eigenvalue weighted by atomic mass is 31.3. The van der Waals surface area contributed by atoms with Crippen LogP contribution in [0, 0.1) is 0 Å². The van der Waals surface area contributed by atoms with Crippen LogP contribution >= 0.6 is 23.0 Å². The molecule has 0 aliphatic carbocycles. The molecule has 6 aromatic rings. The van der Waals surface area contributed by atoms with Crippen LogP contribution in [0.3, 0.4) is 0 Å². The van der Waals surface area contributed by atoms with E-state index in [9.17, 15) is 19.2 Å². The minimum atomic E-state index is -4.58. The number of rotatable bonds is 28. The van der Waals surface area contributed by atoms with Gasteiger partial charge in [0.05, 0.1) is 26.4 Å². The molecule has 0 radical (unpaired) electrons. The molecule has 1 aliphatic rings. The number of carbonyl (C=O) groups excluding carboxylic acids is 4. The molecule has 17 nitrogen and oxygen atoms in total. The maximum absolute atomic E-state index is 12.6. The Balaban J connectivity index is 1.56. The lowest BCUT2D eigenvalue weighted by atomic mass is 10.1. The van der Waals surface area contributed by atoms with Crippen molar-refractivity contribution < 1.29 is 65.3 Å². The number of carbonyl (C=O) groups is 4. The van der Waals surface area contributed by atoms with Crippen LogP contribution in [0.15, 0.2) is 220 Å². The van der Waals surface area contributed by atoms with E-state index in [1.54, 1.807) is 173 Å². The Morgan fingerprint density at radius 3 is 0.775 bits per heavy atom. The Hall–Kier alpha value is -8.35. The molecular weight excluding hydrogens is 1080 g/mol. The van der Waals surface area contributed by atoms with E-state index < -0.39 is 46.9 Å². The van der Waals surface area contributed by atoms with Crippen LogP contribution in [0.2, 0.25) is 0 Å². The maximum atomic E-state index is 12.6. The van der Waals surface area contributed by atoms with Crippen LogP contribution in [-0.4, -0.2) is 50.3 Å². The van der Waals surface area contributed by atoms with Gasteiger partial charge in [-0.25, -0.2) is 19.2 Å². The molecule has 1 aliphatic heterocycles. The lowest BCUT2D eigenvalue weighted by Gasteiger charge is -2.34. The van der Waals surface area contributed by atoms with Gasteiger partial charge in [-0.2, -0.15) is 0 Å². The van der Waals surface area contributed by atoms with Crippen molar-refractivity contribution in [2.24, 2.45) is 13.5 Å². The molecule has 416 valence electrons. The van der Waals surface area contributed by atoms with Gasteiger partial charge in [-0.05, 0) is 98.5 Å². The number of hydrogen-bond acceptors (Lipinski definition) is 17. The molecule has 80 heavy (non-hydrogen) atoms. The highest BCUT2D eigenvalue weighted by Gasteiger charge is 2.49. The van der Waals surface area contributed by atoms with E-state index in [1.165, 1.54) is 0 Å².